The SMILES string of the molecule is Cc1ccc(N2C(=O)C(=O)C(C(=O)c3ccc(C(C)C)cc3)[C@H]2c2ccc(C(F)(F)F)nc2)nn1. The number of Topliss-reactive ketones (excluding diaryl/α,β-unsaturated/α-hetero) is 2. The molecule has 0 spiro atoms. The minimum Gasteiger partial charge on any atom is -0.293 e. The Balaban J connectivity index is 1.81. The number of carbonyl (C=O) groups excluding carboxylic acids is 3. The number of hydrogen-bond acceptors (Lipinski definition) is 6. The number of pyridine rings is 1. The van der Waals surface area contributed by atoms with Gasteiger partial charge in [0.05, 0.1) is 11.7 Å². The smallest absolute Gasteiger partial charge is 0.293 e. The summed E-state index contributed by atoms with van der Waals surface area (Å²) in [5, 5.41) is 7.87. The highest BCUT2D eigenvalue weighted by molar-refractivity contribution is 6.48. The fourth-order valence-electron chi connectivity index (χ4n) is 4.00. The molecule has 3 aromatic rings. The minimum atomic E-state index is -4.67. The molecule has 0 bridgehead atoms. The number of nitrogens with zero attached hydrogens (tertiary/aromatic N) is 4. The summed E-state index contributed by atoms with van der Waals surface area (Å²) in [5.74, 6) is -3.86. The molecule has 35 heavy (non-hydrogen) atoms. The molecule has 10 heteroatoms. The van der Waals surface area contributed by atoms with Crippen LogP contribution in [0.3, 0.4) is 0 Å². The van der Waals surface area contributed by atoms with Gasteiger partial charge in [0, 0.05) is 11.8 Å². The molecule has 1 unspecified atom stereocenters. The maximum Gasteiger partial charge on any atom is 0.433 e. The highest BCUT2D eigenvalue weighted by atomic mass is 19.4. The van der Waals surface area contributed by atoms with Crippen LogP contribution in [0.1, 0.15) is 58.7 Å². The maximum absolute atomic E-state index is 13.5. The Hall–Kier alpha value is -3.95. The number of alkyl halides is 3. The molecule has 1 aromatic carbocycles. The molecule has 2 aromatic heterocycles. The zero-order valence-corrected chi connectivity index (χ0v) is 19.1. The van der Waals surface area contributed by atoms with Crippen molar-refractivity contribution in [1.82, 2.24) is 15.2 Å². The first-order valence-electron chi connectivity index (χ1n) is 10.8. The molecular weight excluding hydrogens is 461 g/mol. The molecule has 7 nitrogen and oxygen atoms in total. The van der Waals surface area contributed by atoms with Crippen molar-refractivity contribution in [2.45, 2.75) is 38.9 Å². The second-order valence-corrected chi connectivity index (χ2v) is 8.61. The van der Waals surface area contributed by atoms with E-state index in [1.54, 1.807) is 37.3 Å². The topological polar surface area (TPSA) is 93.1 Å². The zero-order valence-electron chi connectivity index (χ0n) is 19.1. The van der Waals surface area contributed by atoms with Gasteiger partial charge < -0.3 is 0 Å². The number of hydrogen-bond donors (Lipinski definition) is 0. The first kappa shape index (κ1) is 24.2. The monoisotopic (exact) mass is 482 g/mol. The van der Waals surface area contributed by atoms with Crippen LogP contribution in [0.25, 0.3) is 0 Å². The molecule has 0 aliphatic carbocycles. The molecule has 1 aliphatic heterocycles. The second kappa shape index (κ2) is 9.01. The number of benzene rings is 1. The van der Waals surface area contributed by atoms with E-state index in [9.17, 15) is 27.6 Å². The lowest BCUT2D eigenvalue weighted by Gasteiger charge is -2.26. The van der Waals surface area contributed by atoms with E-state index in [1.807, 2.05) is 13.8 Å². The largest absolute Gasteiger partial charge is 0.433 e. The van der Waals surface area contributed by atoms with Crippen molar-refractivity contribution in [2.75, 3.05) is 4.90 Å². The van der Waals surface area contributed by atoms with Crippen molar-refractivity contribution < 1.29 is 27.6 Å². The lowest BCUT2D eigenvalue weighted by atomic mass is 9.86. The highest BCUT2D eigenvalue weighted by Crippen LogP contribution is 2.41. The number of aromatic nitrogens is 3. The van der Waals surface area contributed by atoms with Gasteiger partial charge in [0.25, 0.3) is 5.91 Å². The fraction of sp³-hybridized carbons (Fsp3) is 0.280. The zero-order chi connectivity index (χ0) is 25.5. The third kappa shape index (κ3) is 4.55. The predicted octanol–water partition coefficient (Wildman–Crippen LogP) is 4.48. The van der Waals surface area contributed by atoms with Gasteiger partial charge in [-0.15, -0.1) is 5.10 Å². The standard InChI is InChI=1S/C25H21F3N4O3/c1-13(2)15-5-7-16(8-6-15)22(33)20-21(17-9-10-18(29-12-17)25(26,27)28)32(24(35)23(20)34)19-11-4-14(3)30-31-19/h4-13,20-21H,1-3H3/t20?,21-/m1/s1. The van der Waals surface area contributed by atoms with Crippen LogP contribution in [-0.4, -0.2) is 32.7 Å². The Kier molecular flexibility index (Phi) is 6.23. The molecule has 4 rings (SSSR count). The van der Waals surface area contributed by atoms with E-state index in [-0.39, 0.29) is 22.9 Å². The van der Waals surface area contributed by atoms with Crippen LogP contribution >= 0.6 is 0 Å². The first-order chi connectivity index (χ1) is 16.5. The Labute approximate surface area is 199 Å². The molecule has 2 atom stereocenters. The van der Waals surface area contributed by atoms with Gasteiger partial charge in [0.1, 0.15) is 11.6 Å². The van der Waals surface area contributed by atoms with Crippen molar-refractivity contribution in [1.29, 1.82) is 0 Å². The summed E-state index contributed by atoms with van der Waals surface area (Å²) in [6.07, 6.45) is -3.74. The van der Waals surface area contributed by atoms with Crippen molar-refractivity contribution >= 4 is 23.3 Å². The van der Waals surface area contributed by atoms with Gasteiger partial charge in [0.2, 0.25) is 5.78 Å². The summed E-state index contributed by atoms with van der Waals surface area (Å²) >= 11 is 0. The van der Waals surface area contributed by atoms with E-state index in [1.165, 1.54) is 6.07 Å². The molecule has 3 heterocycles. The van der Waals surface area contributed by atoms with Crippen LogP contribution in [0.2, 0.25) is 0 Å². The molecule has 1 aliphatic rings. The quantitative estimate of drug-likeness (QED) is 0.303. The van der Waals surface area contributed by atoms with Crippen LogP contribution < -0.4 is 4.90 Å². The summed E-state index contributed by atoms with van der Waals surface area (Å²) < 4.78 is 39.2. The average Bonchev–Trinajstić information content (AvgIpc) is 3.09. The third-order valence-corrected chi connectivity index (χ3v) is 5.90. The molecule has 0 saturated carbocycles. The molecule has 1 saturated heterocycles. The molecule has 0 radical (unpaired) electrons. The third-order valence-electron chi connectivity index (χ3n) is 5.90. The molecule has 1 amide bonds. The molecular formula is C25H21F3N4O3. The predicted molar refractivity (Wildman–Crippen MR) is 120 cm³/mol. The summed E-state index contributed by atoms with van der Waals surface area (Å²) in [5.41, 5.74) is 0.706. The van der Waals surface area contributed by atoms with Crippen LogP contribution in [0.4, 0.5) is 19.0 Å². The molecule has 180 valence electrons. The Bertz CT molecular complexity index is 1270. The number of carbonyl (C=O) groups is 3. The van der Waals surface area contributed by atoms with Gasteiger partial charge in [0.15, 0.2) is 11.6 Å². The maximum atomic E-state index is 13.5. The minimum absolute atomic E-state index is 0.00398. The van der Waals surface area contributed by atoms with Gasteiger partial charge in [-0.3, -0.25) is 24.3 Å². The van der Waals surface area contributed by atoms with E-state index in [2.05, 4.69) is 15.2 Å². The lowest BCUT2D eigenvalue weighted by molar-refractivity contribution is -0.141. The number of rotatable bonds is 5. The first-order valence-corrected chi connectivity index (χ1v) is 10.8. The summed E-state index contributed by atoms with van der Waals surface area (Å²) in [7, 11) is 0. The second-order valence-electron chi connectivity index (χ2n) is 8.61. The van der Waals surface area contributed by atoms with E-state index in [4.69, 9.17) is 0 Å². The van der Waals surface area contributed by atoms with Gasteiger partial charge in [-0.05, 0) is 42.2 Å². The Morgan fingerprint density at radius 2 is 1.66 bits per heavy atom. The van der Waals surface area contributed by atoms with Gasteiger partial charge in [-0.1, -0.05) is 44.2 Å². The van der Waals surface area contributed by atoms with E-state index < -0.39 is 41.3 Å². The molecule has 0 N–H and O–H groups in total. The number of halogens is 3. The summed E-state index contributed by atoms with van der Waals surface area (Å²) in [6, 6.07) is 10.3. The van der Waals surface area contributed by atoms with Crippen LogP contribution in [0.5, 0.6) is 0 Å². The van der Waals surface area contributed by atoms with Crippen molar-refractivity contribution in [3.63, 3.8) is 0 Å². The van der Waals surface area contributed by atoms with E-state index in [0.717, 1.165) is 28.8 Å². The van der Waals surface area contributed by atoms with E-state index >= 15 is 0 Å². The fourth-order valence-corrected chi connectivity index (χ4v) is 4.00. The summed E-state index contributed by atoms with van der Waals surface area (Å²) in [4.78, 5) is 44.1. The number of amides is 1. The number of ketones is 2. The van der Waals surface area contributed by atoms with Gasteiger partial charge in [-0.25, -0.2) is 0 Å². The van der Waals surface area contributed by atoms with Crippen LogP contribution in [0, 0.1) is 12.8 Å². The Morgan fingerprint density at radius 3 is 2.17 bits per heavy atom. The number of anilines is 1. The van der Waals surface area contributed by atoms with Crippen molar-refractivity contribution in [2.24, 2.45) is 5.92 Å². The number of aryl methyl sites for hydroxylation is 1. The highest BCUT2D eigenvalue weighted by Gasteiger charge is 2.53. The van der Waals surface area contributed by atoms with Gasteiger partial charge in [-0.2, -0.15) is 18.3 Å². The van der Waals surface area contributed by atoms with Crippen LogP contribution in [-0.2, 0) is 15.8 Å². The van der Waals surface area contributed by atoms with Crippen molar-refractivity contribution in [3.05, 3.63) is 82.8 Å². The summed E-state index contributed by atoms with van der Waals surface area (Å²) in [6.45, 7) is 5.66. The Morgan fingerprint density at radius 1 is 0.971 bits per heavy atom. The normalized spacial score (nSPS) is 18.4. The van der Waals surface area contributed by atoms with Gasteiger partial charge >= 0.3 is 6.18 Å². The van der Waals surface area contributed by atoms with Crippen molar-refractivity contribution in [3.8, 4) is 0 Å². The van der Waals surface area contributed by atoms with Crippen LogP contribution in [0.15, 0.2) is 54.7 Å². The average molecular weight is 482 g/mol. The van der Waals surface area contributed by atoms with E-state index in [0.29, 0.717) is 5.69 Å². The molecule has 1 fully saturated rings. The lowest BCUT2D eigenvalue weighted by Crippen LogP contribution is -2.31.